The monoisotopic (exact) mass is 459 g/mol. The van der Waals surface area contributed by atoms with E-state index in [0.29, 0.717) is 17.2 Å². The van der Waals surface area contributed by atoms with Gasteiger partial charge in [-0.1, -0.05) is 35.9 Å². The fourth-order valence-electron chi connectivity index (χ4n) is 4.11. The molecule has 0 saturated carbocycles. The molecule has 3 aromatic rings. The molecule has 8 nitrogen and oxygen atoms in total. The number of carbonyl (C=O) groups is 2. The third kappa shape index (κ3) is 4.44. The van der Waals surface area contributed by atoms with E-state index in [0.717, 1.165) is 27.9 Å². The number of hydrogen-bond donors (Lipinski definition) is 1. The molecule has 4 rings (SSSR count). The number of ether oxygens (including phenoxy) is 1. The number of amides is 1. The minimum atomic E-state index is -0.504. The molecule has 176 valence electrons. The predicted molar refractivity (Wildman–Crippen MR) is 131 cm³/mol. The third-order valence-corrected chi connectivity index (χ3v) is 6.09. The fraction of sp³-hybridized carbons (Fsp3) is 0.308. The van der Waals surface area contributed by atoms with E-state index in [2.05, 4.69) is 15.4 Å². The van der Waals surface area contributed by atoms with Gasteiger partial charge in [0.15, 0.2) is 0 Å². The summed E-state index contributed by atoms with van der Waals surface area (Å²) in [5.41, 5.74) is 6.01. The van der Waals surface area contributed by atoms with Crippen molar-refractivity contribution in [3.8, 4) is 0 Å². The summed E-state index contributed by atoms with van der Waals surface area (Å²) >= 11 is 0. The summed E-state index contributed by atoms with van der Waals surface area (Å²) in [6.45, 7) is 9.84. The molecule has 1 aliphatic heterocycles. The Labute approximate surface area is 199 Å². The summed E-state index contributed by atoms with van der Waals surface area (Å²) in [6.07, 6.45) is 1.44. The number of rotatable bonds is 6. The number of aromatic nitrogens is 3. The Hall–Kier alpha value is -3.94. The minimum absolute atomic E-state index is 0.0268. The Morgan fingerprint density at radius 2 is 1.76 bits per heavy atom. The predicted octanol–water partition coefficient (Wildman–Crippen LogP) is 4.09. The van der Waals surface area contributed by atoms with Crippen LogP contribution in [0.1, 0.15) is 42.1 Å². The van der Waals surface area contributed by atoms with E-state index in [1.807, 2.05) is 70.2 Å². The number of esters is 1. The van der Waals surface area contributed by atoms with Crippen LogP contribution >= 0.6 is 0 Å². The maximum Gasteiger partial charge on any atom is 0.338 e. The van der Waals surface area contributed by atoms with Gasteiger partial charge in [0.25, 0.3) is 0 Å². The molecule has 1 N–H and O–H groups in total. The van der Waals surface area contributed by atoms with Crippen molar-refractivity contribution in [1.29, 1.82) is 0 Å². The van der Waals surface area contributed by atoms with Crippen molar-refractivity contribution in [2.75, 3.05) is 23.4 Å². The van der Waals surface area contributed by atoms with E-state index in [1.165, 1.54) is 6.33 Å². The number of benzene rings is 2. The normalized spacial score (nSPS) is 15.2. The first-order valence-corrected chi connectivity index (χ1v) is 11.3. The molecule has 0 bridgehead atoms. The van der Waals surface area contributed by atoms with Crippen molar-refractivity contribution in [3.05, 3.63) is 82.3 Å². The standard InChI is InChI=1S/C26H29N5O3/c1-6-34-25(33)23-19(5)30(14-22(32)29-21-12-9-17(3)18(4)13-21)26-27-15-28-31(26)24(23)20-10-7-16(2)8-11-20/h7-13,15,24H,6,14H2,1-5H3,(H,29,32). The van der Waals surface area contributed by atoms with E-state index in [4.69, 9.17) is 4.74 Å². The van der Waals surface area contributed by atoms with Crippen molar-refractivity contribution >= 4 is 23.5 Å². The maximum absolute atomic E-state index is 13.1. The van der Waals surface area contributed by atoms with Gasteiger partial charge in [-0.3, -0.25) is 4.79 Å². The summed E-state index contributed by atoms with van der Waals surface area (Å²) in [5, 5.41) is 7.36. The molecule has 1 unspecified atom stereocenters. The van der Waals surface area contributed by atoms with Gasteiger partial charge in [0.2, 0.25) is 11.9 Å². The van der Waals surface area contributed by atoms with Gasteiger partial charge in [0.05, 0.1) is 12.2 Å². The number of carbonyl (C=O) groups excluding carboxylic acids is 2. The second-order valence-electron chi connectivity index (χ2n) is 8.47. The third-order valence-electron chi connectivity index (χ3n) is 6.09. The zero-order chi connectivity index (χ0) is 24.4. The average Bonchev–Trinajstić information content (AvgIpc) is 3.28. The lowest BCUT2D eigenvalue weighted by atomic mass is 9.94. The molecule has 0 radical (unpaired) electrons. The molecule has 1 amide bonds. The summed E-state index contributed by atoms with van der Waals surface area (Å²) in [5.74, 6) is -0.174. The van der Waals surface area contributed by atoms with Crippen LogP contribution in [0.3, 0.4) is 0 Å². The van der Waals surface area contributed by atoms with E-state index < -0.39 is 12.0 Å². The first-order chi connectivity index (χ1) is 16.3. The molecule has 1 aromatic heterocycles. The Bertz CT molecular complexity index is 1260. The number of nitrogens with one attached hydrogen (secondary N) is 1. The highest BCUT2D eigenvalue weighted by molar-refractivity contribution is 5.96. The van der Waals surface area contributed by atoms with Crippen molar-refractivity contribution in [3.63, 3.8) is 0 Å². The van der Waals surface area contributed by atoms with Gasteiger partial charge in [-0.05, 0) is 63.4 Å². The maximum atomic E-state index is 13.1. The molecule has 2 heterocycles. The molecule has 0 fully saturated rings. The average molecular weight is 460 g/mol. The second-order valence-corrected chi connectivity index (χ2v) is 8.47. The molecule has 1 atom stereocenters. The Morgan fingerprint density at radius 1 is 1.03 bits per heavy atom. The largest absolute Gasteiger partial charge is 0.463 e. The highest BCUT2D eigenvalue weighted by atomic mass is 16.5. The summed E-state index contributed by atoms with van der Waals surface area (Å²) in [7, 11) is 0. The first kappa shape index (κ1) is 23.2. The number of anilines is 2. The van der Waals surface area contributed by atoms with Crippen LogP contribution < -0.4 is 10.2 Å². The lowest BCUT2D eigenvalue weighted by Gasteiger charge is -2.35. The molecule has 0 aliphatic carbocycles. The topological polar surface area (TPSA) is 89.3 Å². The van der Waals surface area contributed by atoms with Gasteiger partial charge >= 0.3 is 5.97 Å². The molecule has 34 heavy (non-hydrogen) atoms. The smallest absolute Gasteiger partial charge is 0.338 e. The van der Waals surface area contributed by atoms with Crippen LogP contribution in [0.25, 0.3) is 0 Å². The van der Waals surface area contributed by atoms with Crippen LogP contribution in [-0.2, 0) is 14.3 Å². The number of nitrogens with zero attached hydrogens (tertiary/aromatic N) is 4. The van der Waals surface area contributed by atoms with Gasteiger partial charge < -0.3 is 15.0 Å². The molecule has 0 saturated heterocycles. The number of hydrogen-bond acceptors (Lipinski definition) is 6. The lowest BCUT2D eigenvalue weighted by molar-refractivity contribution is -0.139. The van der Waals surface area contributed by atoms with Crippen LogP contribution in [0.15, 0.2) is 60.1 Å². The van der Waals surface area contributed by atoms with Crippen LogP contribution in [-0.4, -0.2) is 39.8 Å². The zero-order valence-corrected chi connectivity index (χ0v) is 20.1. The molecular weight excluding hydrogens is 430 g/mol. The van der Waals surface area contributed by atoms with E-state index in [1.54, 1.807) is 16.5 Å². The van der Waals surface area contributed by atoms with Gasteiger partial charge in [-0.15, -0.1) is 0 Å². The van der Waals surface area contributed by atoms with Crippen LogP contribution in [0.4, 0.5) is 11.6 Å². The van der Waals surface area contributed by atoms with Crippen LogP contribution in [0.5, 0.6) is 0 Å². The number of aryl methyl sites for hydroxylation is 3. The molecule has 0 spiro atoms. The van der Waals surface area contributed by atoms with Crippen molar-refractivity contribution in [1.82, 2.24) is 14.8 Å². The Balaban J connectivity index is 1.71. The lowest BCUT2D eigenvalue weighted by Crippen LogP contribution is -2.40. The van der Waals surface area contributed by atoms with Gasteiger partial charge in [0.1, 0.15) is 18.9 Å². The van der Waals surface area contributed by atoms with Crippen molar-refractivity contribution in [2.45, 2.75) is 40.7 Å². The van der Waals surface area contributed by atoms with Crippen molar-refractivity contribution < 1.29 is 14.3 Å². The molecular formula is C26H29N5O3. The quantitative estimate of drug-likeness (QED) is 0.559. The summed E-state index contributed by atoms with van der Waals surface area (Å²) in [6, 6.07) is 13.2. The van der Waals surface area contributed by atoms with E-state index >= 15 is 0 Å². The second kappa shape index (κ2) is 9.51. The van der Waals surface area contributed by atoms with Crippen LogP contribution in [0, 0.1) is 20.8 Å². The van der Waals surface area contributed by atoms with Crippen LogP contribution in [0.2, 0.25) is 0 Å². The SMILES string of the molecule is CCOC(=O)C1=C(C)N(CC(=O)Nc2ccc(C)c(C)c2)c2ncnn2C1c1ccc(C)cc1. The van der Waals surface area contributed by atoms with E-state index in [-0.39, 0.29) is 19.1 Å². The Kier molecular flexibility index (Phi) is 6.49. The summed E-state index contributed by atoms with van der Waals surface area (Å²) in [4.78, 5) is 32.2. The Morgan fingerprint density at radius 3 is 2.44 bits per heavy atom. The van der Waals surface area contributed by atoms with E-state index in [9.17, 15) is 9.59 Å². The number of allylic oxidation sites excluding steroid dienone is 1. The molecule has 8 heteroatoms. The molecule has 1 aliphatic rings. The molecule has 2 aromatic carbocycles. The highest BCUT2D eigenvalue weighted by Gasteiger charge is 2.38. The minimum Gasteiger partial charge on any atom is -0.463 e. The number of fused-ring (bicyclic) bond motifs is 1. The van der Waals surface area contributed by atoms with Gasteiger partial charge in [-0.25, -0.2) is 9.48 Å². The zero-order valence-electron chi connectivity index (χ0n) is 20.1. The van der Waals surface area contributed by atoms with Gasteiger partial charge in [-0.2, -0.15) is 10.1 Å². The fourth-order valence-corrected chi connectivity index (χ4v) is 4.11. The summed E-state index contributed by atoms with van der Waals surface area (Å²) < 4.78 is 7.08. The first-order valence-electron chi connectivity index (χ1n) is 11.3. The highest BCUT2D eigenvalue weighted by Crippen LogP contribution is 2.38. The van der Waals surface area contributed by atoms with Crippen molar-refractivity contribution in [2.24, 2.45) is 0 Å². The van der Waals surface area contributed by atoms with Gasteiger partial charge in [0, 0.05) is 11.4 Å².